The standard InChI is InChI=1S/C73H47N/c1-5-21-48(22-6-1)49-37-39-53(40-38-49)74(55-41-43-60-59-32-17-20-36-68(59)73(69(60)46-55)66-34-18-15-30-57(66)58-31-16-19-35-67(58)73)54-42-44-62-65(45-54)56-29-13-14-33-61(56)71-64(51-25-9-3-10-26-51)47-63(50-23-7-2-8-24-50)70(72(62)71)52-27-11-4-12-28-52/h1-47H. The Morgan fingerprint density at radius 3 is 1.23 bits per heavy atom. The van der Waals surface area contributed by atoms with Gasteiger partial charge in [0.05, 0.1) is 5.41 Å². The van der Waals surface area contributed by atoms with Gasteiger partial charge >= 0.3 is 0 Å². The maximum atomic E-state index is 2.51. The molecule has 0 radical (unpaired) electrons. The summed E-state index contributed by atoms with van der Waals surface area (Å²) in [7, 11) is 0. The van der Waals surface area contributed by atoms with Crippen molar-refractivity contribution < 1.29 is 0 Å². The van der Waals surface area contributed by atoms with Gasteiger partial charge in [-0.1, -0.05) is 243 Å². The highest BCUT2D eigenvalue weighted by atomic mass is 15.1. The third-order valence-corrected chi connectivity index (χ3v) is 16.0. The lowest BCUT2D eigenvalue weighted by Crippen LogP contribution is -2.26. The van der Waals surface area contributed by atoms with Gasteiger partial charge in [-0.25, -0.2) is 0 Å². The predicted molar refractivity (Wildman–Crippen MR) is 312 cm³/mol. The van der Waals surface area contributed by atoms with Gasteiger partial charge in [-0.05, 0) is 164 Å². The molecule has 2 aliphatic carbocycles. The third-order valence-electron chi connectivity index (χ3n) is 16.0. The molecule has 0 unspecified atom stereocenters. The number of hydrogen-bond acceptors (Lipinski definition) is 1. The van der Waals surface area contributed by atoms with E-state index in [4.69, 9.17) is 0 Å². The van der Waals surface area contributed by atoms with Gasteiger partial charge in [-0.2, -0.15) is 0 Å². The van der Waals surface area contributed by atoms with Crippen molar-refractivity contribution in [2.45, 2.75) is 5.41 Å². The van der Waals surface area contributed by atoms with Gasteiger partial charge in [0, 0.05) is 17.1 Å². The summed E-state index contributed by atoms with van der Waals surface area (Å²) in [4.78, 5) is 2.49. The summed E-state index contributed by atoms with van der Waals surface area (Å²) < 4.78 is 0. The third kappa shape index (κ3) is 6.23. The molecule has 1 heteroatoms. The maximum Gasteiger partial charge on any atom is 0.0726 e. The lowest BCUT2D eigenvalue weighted by atomic mass is 9.70. The largest absolute Gasteiger partial charge is 0.310 e. The first-order valence-corrected chi connectivity index (χ1v) is 25.7. The molecule has 344 valence electrons. The molecule has 2 aliphatic rings. The van der Waals surface area contributed by atoms with Crippen molar-refractivity contribution in [2.75, 3.05) is 4.90 Å². The van der Waals surface area contributed by atoms with Crippen molar-refractivity contribution in [1.29, 1.82) is 0 Å². The summed E-state index contributed by atoms with van der Waals surface area (Å²) in [5, 5.41) is 7.41. The monoisotopic (exact) mass is 937 g/mol. The smallest absolute Gasteiger partial charge is 0.0726 e. The molecule has 0 heterocycles. The maximum absolute atomic E-state index is 2.51. The highest BCUT2D eigenvalue weighted by molar-refractivity contribution is 6.33. The van der Waals surface area contributed by atoms with Crippen molar-refractivity contribution in [1.82, 2.24) is 0 Å². The van der Waals surface area contributed by atoms with E-state index in [1.54, 1.807) is 0 Å². The molecule has 0 saturated carbocycles. The minimum atomic E-state index is -0.475. The summed E-state index contributed by atoms with van der Waals surface area (Å²) >= 11 is 0. The fourth-order valence-electron chi connectivity index (χ4n) is 13.0. The highest BCUT2D eigenvalue weighted by Crippen LogP contribution is 2.63. The molecule has 0 saturated heterocycles. The van der Waals surface area contributed by atoms with E-state index in [9.17, 15) is 0 Å². The zero-order valence-electron chi connectivity index (χ0n) is 40.6. The molecule has 0 N–H and O–H groups in total. The fourth-order valence-corrected chi connectivity index (χ4v) is 13.0. The molecule has 0 bridgehead atoms. The van der Waals surface area contributed by atoms with Crippen molar-refractivity contribution in [3.8, 4) is 66.8 Å². The molecule has 74 heavy (non-hydrogen) atoms. The van der Waals surface area contributed by atoms with Crippen LogP contribution in [0, 0.1) is 0 Å². The summed E-state index contributed by atoms with van der Waals surface area (Å²) in [5.41, 5.74) is 23.0. The van der Waals surface area contributed by atoms with E-state index in [-0.39, 0.29) is 0 Å². The van der Waals surface area contributed by atoms with Gasteiger partial charge < -0.3 is 4.90 Å². The molecule has 0 aliphatic heterocycles. The van der Waals surface area contributed by atoms with Crippen LogP contribution >= 0.6 is 0 Å². The van der Waals surface area contributed by atoms with Gasteiger partial charge in [0.15, 0.2) is 0 Å². The van der Waals surface area contributed by atoms with E-state index in [0.29, 0.717) is 0 Å². The van der Waals surface area contributed by atoms with Gasteiger partial charge in [0.2, 0.25) is 0 Å². The number of benzene rings is 13. The Morgan fingerprint density at radius 2 is 0.635 bits per heavy atom. The van der Waals surface area contributed by atoms with Crippen LogP contribution in [0.15, 0.2) is 285 Å². The average Bonchev–Trinajstić information content (AvgIpc) is 4.04. The van der Waals surface area contributed by atoms with Gasteiger partial charge in [0.1, 0.15) is 0 Å². The van der Waals surface area contributed by atoms with Crippen LogP contribution in [0.2, 0.25) is 0 Å². The topological polar surface area (TPSA) is 3.24 Å². The first-order chi connectivity index (χ1) is 36.7. The van der Waals surface area contributed by atoms with E-state index in [2.05, 4.69) is 290 Å². The molecule has 13 aromatic carbocycles. The van der Waals surface area contributed by atoms with Crippen LogP contribution < -0.4 is 4.90 Å². The zero-order valence-corrected chi connectivity index (χ0v) is 40.6. The molecule has 13 aromatic rings. The number of fused-ring (bicyclic) bond motifs is 16. The normalized spacial score (nSPS) is 12.7. The Kier molecular flexibility index (Phi) is 9.55. The predicted octanol–water partition coefficient (Wildman–Crippen LogP) is 19.6. The summed E-state index contributed by atoms with van der Waals surface area (Å²) in [5.74, 6) is 0. The summed E-state index contributed by atoms with van der Waals surface area (Å²) in [6.07, 6.45) is 0. The molecule has 0 aromatic heterocycles. The molecule has 0 amide bonds. The Hall–Kier alpha value is -9.56. The van der Waals surface area contributed by atoms with Crippen molar-refractivity contribution >= 4 is 49.4 Å². The Bertz CT molecular complexity index is 4270. The quantitative estimate of drug-likeness (QED) is 0.144. The molecular formula is C73H47N. The first kappa shape index (κ1) is 42.2. The number of anilines is 3. The van der Waals surface area contributed by atoms with Crippen LogP contribution in [-0.4, -0.2) is 0 Å². The molecular weight excluding hydrogens is 891 g/mol. The molecule has 15 rings (SSSR count). The SMILES string of the molecule is c1ccc(-c2ccc(N(c3ccc4c(c3)C3(c5ccccc5-c5ccccc53)c3ccccc3-4)c3ccc4c(c3)c3ccccc3c3c(-c5ccccc5)cc(-c5ccccc5)c(-c5ccccc5)c43)cc2)cc1. The van der Waals surface area contributed by atoms with Gasteiger partial charge in [-0.3, -0.25) is 0 Å². The minimum absolute atomic E-state index is 0.475. The van der Waals surface area contributed by atoms with Crippen LogP contribution in [0.25, 0.3) is 99.1 Å². The van der Waals surface area contributed by atoms with Crippen LogP contribution in [0.5, 0.6) is 0 Å². The molecule has 0 fully saturated rings. The fraction of sp³-hybridized carbons (Fsp3) is 0.0137. The first-order valence-electron chi connectivity index (χ1n) is 25.7. The Morgan fingerprint density at radius 1 is 0.216 bits per heavy atom. The summed E-state index contributed by atoms with van der Waals surface area (Å²) in [6, 6.07) is 106. The number of rotatable bonds is 7. The van der Waals surface area contributed by atoms with E-state index < -0.39 is 5.41 Å². The van der Waals surface area contributed by atoms with Crippen molar-refractivity contribution in [3.63, 3.8) is 0 Å². The van der Waals surface area contributed by atoms with Crippen molar-refractivity contribution in [2.24, 2.45) is 0 Å². The minimum Gasteiger partial charge on any atom is -0.310 e. The lowest BCUT2D eigenvalue weighted by Gasteiger charge is -2.32. The lowest BCUT2D eigenvalue weighted by molar-refractivity contribution is 0.793. The van der Waals surface area contributed by atoms with E-state index in [0.717, 1.165) is 17.1 Å². The molecule has 0 atom stereocenters. The zero-order chi connectivity index (χ0) is 48.7. The van der Waals surface area contributed by atoms with Gasteiger partial charge in [-0.15, -0.1) is 0 Å². The second kappa shape index (κ2) is 16.8. The Labute approximate surface area is 431 Å². The van der Waals surface area contributed by atoms with E-state index in [1.165, 1.54) is 121 Å². The number of hydrogen-bond donors (Lipinski definition) is 0. The molecule has 1 nitrogen and oxygen atoms in total. The van der Waals surface area contributed by atoms with Crippen LogP contribution in [0.3, 0.4) is 0 Å². The second-order valence-electron chi connectivity index (χ2n) is 19.8. The number of nitrogens with zero attached hydrogens (tertiary/aromatic N) is 1. The highest BCUT2D eigenvalue weighted by Gasteiger charge is 2.51. The van der Waals surface area contributed by atoms with E-state index >= 15 is 0 Å². The average molecular weight is 938 g/mol. The van der Waals surface area contributed by atoms with E-state index in [1.807, 2.05) is 0 Å². The van der Waals surface area contributed by atoms with Crippen molar-refractivity contribution in [3.05, 3.63) is 307 Å². The molecule has 1 spiro atoms. The van der Waals surface area contributed by atoms with Crippen LogP contribution in [0.4, 0.5) is 17.1 Å². The van der Waals surface area contributed by atoms with Crippen LogP contribution in [-0.2, 0) is 5.41 Å². The van der Waals surface area contributed by atoms with Gasteiger partial charge in [0.25, 0.3) is 0 Å². The summed E-state index contributed by atoms with van der Waals surface area (Å²) in [6.45, 7) is 0. The Balaban J connectivity index is 1.03. The van der Waals surface area contributed by atoms with Crippen LogP contribution in [0.1, 0.15) is 22.3 Å². The second-order valence-corrected chi connectivity index (χ2v) is 19.8.